The minimum absolute atomic E-state index is 0.0246. The van der Waals surface area contributed by atoms with Gasteiger partial charge in [0.15, 0.2) is 5.69 Å². The number of benzene rings is 3. The Balaban J connectivity index is 1.59. The Hall–Kier alpha value is -3.34. The molecule has 5 rings (SSSR count). The maximum atomic E-state index is 13.2. The summed E-state index contributed by atoms with van der Waals surface area (Å²) in [6.07, 6.45) is -4.79. The van der Waals surface area contributed by atoms with Gasteiger partial charge in [0.05, 0.1) is 22.9 Å². The zero-order valence-electron chi connectivity index (χ0n) is 18.5. The largest absolute Gasteiger partial charge is 0.573 e. The smallest absolute Gasteiger partial charge is 0.406 e. The standard InChI is InChI=1S/C25H14BrCl2F3N4O2/c26-15-3-6-17(7-4-15)35-22(19-10-5-16(27)11-20(19)28)12-21-23(33-35)24(36)34(32-21)13-14-1-8-18(9-2-14)37-25(29,30)31/h1-12H,13H2. The highest BCUT2D eigenvalue weighted by Crippen LogP contribution is 2.34. The van der Waals surface area contributed by atoms with E-state index >= 15 is 0 Å². The van der Waals surface area contributed by atoms with E-state index in [0.717, 1.165) is 4.47 Å². The highest BCUT2D eigenvalue weighted by atomic mass is 79.9. The molecule has 0 atom stereocenters. The molecule has 0 spiro atoms. The Kier molecular flexibility index (Phi) is 6.74. The van der Waals surface area contributed by atoms with Crippen molar-refractivity contribution in [1.82, 2.24) is 19.6 Å². The third-order valence-electron chi connectivity index (χ3n) is 5.38. The van der Waals surface area contributed by atoms with Gasteiger partial charge in [-0.3, -0.25) is 4.79 Å². The SMILES string of the molecule is O=c1c2nn(-c3ccc(Br)cc3)c(-c3ccc(Cl)cc3Cl)cc-2nn1Cc1ccc(OC(F)(F)F)cc1. The quantitative estimate of drug-likeness (QED) is 0.211. The number of hydrogen-bond donors (Lipinski definition) is 0. The molecule has 188 valence electrons. The fourth-order valence-electron chi connectivity index (χ4n) is 3.74. The number of halogens is 6. The van der Waals surface area contributed by atoms with Gasteiger partial charge in [0.1, 0.15) is 11.4 Å². The van der Waals surface area contributed by atoms with Crippen LogP contribution < -0.4 is 10.3 Å². The van der Waals surface area contributed by atoms with Crippen LogP contribution in [0.5, 0.6) is 5.75 Å². The molecule has 0 aliphatic carbocycles. The van der Waals surface area contributed by atoms with Gasteiger partial charge in [-0.2, -0.15) is 10.2 Å². The Labute approximate surface area is 226 Å². The molecule has 3 aromatic carbocycles. The predicted molar refractivity (Wildman–Crippen MR) is 138 cm³/mol. The highest BCUT2D eigenvalue weighted by molar-refractivity contribution is 9.10. The highest BCUT2D eigenvalue weighted by Gasteiger charge is 2.31. The minimum atomic E-state index is -4.79. The van der Waals surface area contributed by atoms with Crippen molar-refractivity contribution in [2.75, 3.05) is 0 Å². The number of alkyl halides is 3. The maximum Gasteiger partial charge on any atom is 0.573 e. The molecule has 0 fully saturated rings. The second-order valence-corrected chi connectivity index (χ2v) is 9.69. The van der Waals surface area contributed by atoms with Crippen molar-refractivity contribution in [2.24, 2.45) is 0 Å². The molecule has 0 radical (unpaired) electrons. The molecule has 0 N–H and O–H groups in total. The molecule has 0 aromatic heterocycles. The average molecular weight is 610 g/mol. The molecule has 37 heavy (non-hydrogen) atoms. The van der Waals surface area contributed by atoms with Gasteiger partial charge in [-0.05, 0) is 66.2 Å². The molecule has 0 unspecified atom stereocenters. The first-order valence-electron chi connectivity index (χ1n) is 10.6. The molecule has 12 heteroatoms. The Morgan fingerprint density at radius 2 is 1.62 bits per heavy atom. The summed E-state index contributed by atoms with van der Waals surface area (Å²) in [5.41, 5.74) is 2.44. The molecule has 2 aliphatic rings. The Morgan fingerprint density at radius 1 is 0.919 bits per heavy atom. The van der Waals surface area contributed by atoms with Crippen molar-refractivity contribution in [3.63, 3.8) is 0 Å². The second-order valence-electron chi connectivity index (χ2n) is 7.93. The van der Waals surface area contributed by atoms with E-state index in [4.69, 9.17) is 23.2 Å². The van der Waals surface area contributed by atoms with Crippen LogP contribution in [0.4, 0.5) is 13.2 Å². The van der Waals surface area contributed by atoms with E-state index < -0.39 is 11.9 Å². The summed E-state index contributed by atoms with van der Waals surface area (Å²) < 4.78 is 44.9. The van der Waals surface area contributed by atoms with Crippen molar-refractivity contribution >= 4 is 39.1 Å². The van der Waals surface area contributed by atoms with Crippen molar-refractivity contribution < 1.29 is 17.9 Å². The van der Waals surface area contributed by atoms with Crippen molar-refractivity contribution in [3.05, 3.63) is 103 Å². The van der Waals surface area contributed by atoms with Crippen LogP contribution in [-0.4, -0.2) is 25.9 Å². The molecule has 6 nitrogen and oxygen atoms in total. The predicted octanol–water partition coefficient (Wildman–Crippen LogP) is 7.22. The van der Waals surface area contributed by atoms with E-state index in [1.54, 1.807) is 28.9 Å². The first-order chi connectivity index (χ1) is 17.6. The lowest BCUT2D eigenvalue weighted by Crippen LogP contribution is -2.19. The number of nitrogens with zero attached hydrogens (tertiary/aromatic N) is 4. The van der Waals surface area contributed by atoms with Gasteiger partial charge in [-0.15, -0.1) is 13.2 Å². The van der Waals surface area contributed by atoms with Crippen LogP contribution in [0.3, 0.4) is 0 Å². The van der Waals surface area contributed by atoms with Gasteiger partial charge < -0.3 is 4.74 Å². The first kappa shape index (κ1) is 25.3. The molecule has 2 heterocycles. The summed E-state index contributed by atoms with van der Waals surface area (Å²) in [4.78, 5) is 13.2. The van der Waals surface area contributed by atoms with E-state index in [9.17, 15) is 18.0 Å². The lowest BCUT2D eigenvalue weighted by Gasteiger charge is -2.15. The fourth-order valence-corrected chi connectivity index (χ4v) is 4.50. The zero-order chi connectivity index (χ0) is 26.3. The van der Waals surface area contributed by atoms with E-state index in [1.165, 1.54) is 28.9 Å². The van der Waals surface area contributed by atoms with Crippen LogP contribution in [0.2, 0.25) is 10.0 Å². The molecular formula is C25H14BrCl2F3N4O2. The number of rotatable bonds is 5. The summed E-state index contributed by atoms with van der Waals surface area (Å²) in [5, 5.41) is 9.87. The van der Waals surface area contributed by atoms with Gasteiger partial charge in [-0.25, -0.2) is 9.36 Å². The first-order valence-corrected chi connectivity index (χ1v) is 12.2. The summed E-state index contributed by atoms with van der Waals surface area (Å²) >= 11 is 16.0. The van der Waals surface area contributed by atoms with Gasteiger partial charge in [-0.1, -0.05) is 51.3 Å². The lowest BCUT2D eigenvalue weighted by atomic mass is 10.1. The number of hydrogen-bond acceptors (Lipinski definition) is 4. The van der Waals surface area contributed by atoms with Crippen molar-refractivity contribution in [1.29, 1.82) is 0 Å². The third-order valence-corrected chi connectivity index (χ3v) is 6.45. The van der Waals surface area contributed by atoms with Crippen LogP contribution in [0.15, 0.2) is 82.1 Å². The maximum absolute atomic E-state index is 13.2. The van der Waals surface area contributed by atoms with Crippen LogP contribution >= 0.6 is 39.1 Å². The molecular weight excluding hydrogens is 596 g/mol. The number of aromatic nitrogens is 4. The molecule has 0 amide bonds. The van der Waals surface area contributed by atoms with Gasteiger partial charge >= 0.3 is 6.36 Å². The molecule has 2 aliphatic heterocycles. The summed E-state index contributed by atoms with van der Waals surface area (Å²) in [5.74, 6) is -0.356. The minimum Gasteiger partial charge on any atom is -0.406 e. The van der Waals surface area contributed by atoms with Crippen LogP contribution in [0.25, 0.3) is 28.3 Å². The molecule has 0 saturated heterocycles. The molecule has 0 saturated carbocycles. The Morgan fingerprint density at radius 3 is 2.27 bits per heavy atom. The Bertz CT molecular complexity index is 1620. The van der Waals surface area contributed by atoms with Gasteiger partial charge in [0.25, 0.3) is 5.56 Å². The lowest BCUT2D eigenvalue weighted by molar-refractivity contribution is -0.274. The van der Waals surface area contributed by atoms with Crippen molar-refractivity contribution in [2.45, 2.75) is 12.9 Å². The van der Waals surface area contributed by atoms with E-state index in [2.05, 4.69) is 30.9 Å². The second kappa shape index (κ2) is 9.85. The molecule has 3 aromatic rings. The third kappa shape index (κ3) is 5.51. The van der Waals surface area contributed by atoms with E-state index in [-0.39, 0.29) is 18.0 Å². The summed E-state index contributed by atoms with van der Waals surface area (Å²) in [6, 6.07) is 19.3. The topological polar surface area (TPSA) is 61.9 Å². The zero-order valence-corrected chi connectivity index (χ0v) is 21.6. The van der Waals surface area contributed by atoms with E-state index in [0.29, 0.717) is 38.2 Å². The van der Waals surface area contributed by atoms with Crippen molar-refractivity contribution in [3.8, 4) is 34.1 Å². The monoisotopic (exact) mass is 608 g/mol. The van der Waals surface area contributed by atoms with Gasteiger partial charge in [0, 0.05) is 15.1 Å². The fraction of sp³-hybridized carbons (Fsp3) is 0.0800. The van der Waals surface area contributed by atoms with Crippen LogP contribution in [0, 0.1) is 0 Å². The summed E-state index contributed by atoms with van der Waals surface area (Å²) in [7, 11) is 0. The molecule has 0 bridgehead atoms. The summed E-state index contributed by atoms with van der Waals surface area (Å²) in [6.45, 7) is 0.0246. The average Bonchev–Trinajstić information content (AvgIpc) is 3.13. The van der Waals surface area contributed by atoms with Gasteiger partial charge in [0.2, 0.25) is 0 Å². The normalized spacial score (nSPS) is 11.7. The van der Waals surface area contributed by atoms with Crippen LogP contribution in [0.1, 0.15) is 5.56 Å². The van der Waals surface area contributed by atoms with Crippen LogP contribution in [-0.2, 0) is 6.54 Å². The number of fused-ring (bicyclic) bond motifs is 1. The number of ether oxygens (including phenoxy) is 1. The van der Waals surface area contributed by atoms with E-state index in [1.807, 2.05) is 24.3 Å².